The molecular weight excluding hydrogens is 486 g/mol. The Hall–Kier alpha value is -2.27. The molecule has 182 valence electrons. The molecule has 0 saturated carbocycles. The Morgan fingerprint density at radius 1 is 1.12 bits per heavy atom. The highest BCUT2D eigenvalue weighted by atomic mass is 35.5. The molecule has 1 heterocycles. The molecule has 4 atom stereocenters. The largest absolute Gasteiger partial charge is 0.405 e. The average molecular weight is 512 g/mol. The van der Waals surface area contributed by atoms with Crippen molar-refractivity contribution in [1.29, 1.82) is 5.26 Å². The molecule has 0 aliphatic carbocycles. The van der Waals surface area contributed by atoms with E-state index in [4.69, 9.17) is 23.2 Å². The van der Waals surface area contributed by atoms with Gasteiger partial charge in [-0.25, -0.2) is 0 Å². The molecule has 9 heteroatoms. The van der Waals surface area contributed by atoms with Crippen LogP contribution in [0.2, 0.25) is 10.0 Å². The van der Waals surface area contributed by atoms with Crippen LogP contribution in [0.25, 0.3) is 0 Å². The maximum Gasteiger partial charge on any atom is 0.405 e. The second kappa shape index (κ2) is 9.77. The minimum atomic E-state index is -4.56. The van der Waals surface area contributed by atoms with E-state index in [1.807, 2.05) is 26.1 Å². The van der Waals surface area contributed by atoms with Crippen molar-refractivity contribution in [2.24, 2.45) is 5.41 Å². The SMILES string of the molecule is CC(C)(C)C[C@@H]1N[C@@H](C(=O)NCC(F)(F)F)[C@H](c2cccc(Cl)c2)[C@@]1(C#N)c1ccc(Cl)cc1. The molecule has 2 N–H and O–H groups in total. The lowest BCUT2D eigenvalue weighted by Crippen LogP contribution is -2.47. The van der Waals surface area contributed by atoms with Gasteiger partial charge in [0.05, 0.1) is 12.1 Å². The van der Waals surface area contributed by atoms with E-state index in [1.54, 1.807) is 48.5 Å². The quantitative estimate of drug-likeness (QED) is 0.517. The number of nitriles is 1. The summed E-state index contributed by atoms with van der Waals surface area (Å²) >= 11 is 12.3. The lowest BCUT2D eigenvalue weighted by Gasteiger charge is -2.37. The zero-order valence-corrected chi connectivity index (χ0v) is 20.5. The van der Waals surface area contributed by atoms with Gasteiger partial charge in [-0.2, -0.15) is 18.4 Å². The normalized spacial score (nSPS) is 25.1. The Bertz CT molecular complexity index is 1080. The first-order chi connectivity index (χ1) is 15.8. The zero-order chi connectivity index (χ0) is 25.3. The van der Waals surface area contributed by atoms with Crippen LogP contribution in [0.5, 0.6) is 0 Å². The fourth-order valence-electron chi connectivity index (χ4n) is 4.75. The van der Waals surface area contributed by atoms with Gasteiger partial charge in [-0.05, 0) is 47.2 Å². The van der Waals surface area contributed by atoms with Crippen LogP contribution in [0.1, 0.15) is 44.2 Å². The molecule has 1 saturated heterocycles. The Morgan fingerprint density at radius 2 is 1.76 bits per heavy atom. The molecule has 0 radical (unpaired) electrons. The Kier molecular flexibility index (Phi) is 7.57. The number of rotatable bonds is 5. The highest BCUT2D eigenvalue weighted by molar-refractivity contribution is 6.30. The van der Waals surface area contributed by atoms with Crippen LogP contribution in [0.4, 0.5) is 13.2 Å². The lowest BCUT2D eigenvalue weighted by atomic mass is 9.63. The van der Waals surface area contributed by atoms with E-state index in [1.165, 1.54) is 0 Å². The first-order valence-electron chi connectivity index (χ1n) is 10.8. The molecule has 1 aliphatic heterocycles. The summed E-state index contributed by atoms with van der Waals surface area (Å²) < 4.78 is 38.6. The Balaban J connectivity index is 2.21. The molecule has 2 aromatic carbocycles. The number of carbonyl (C=O) groups excluding carboxylic acids is 1. The summed E-state index contributed by atoms with van der Waals surface area (Å²) in [6.45, 7) is 4.55. The number of nitrogens with zero attached hydrogens (tertiary/aromatic N) is 1. The van der Waals surface area contributed by atoms with Crippen LogP contribution >= 0.6 is 23.2 Å². The molecule has 0 aromatic heterocycles. The van der Waals surface area contributed by atoms with Crippen molar-refractivity contribution in [2.75, 3.05) is 6.54 Å². The van der Waals surface area contributed by atoms with Gasteiger partial charge in [-0.15, -0.1) is 0 Å². The van der Waals surface area contributed by atoms with Gasteiger partial charge in [0.1, 0.15) is 12.0 Å². The van der Waals surface area contributed by atoms with E-state index in [0.717, 1.165) is 0 Å². The first-order valence-corrected chi connectivity index (χ1v) is 11.6. The van der Waals surface area contributed by atoms with Gasteiger partial charge in [0, 0.05) is 22.0 Å². The van der Waals surface area contributed by atoms with Crippen LogP contribution in [-0.4, -0.2) is 30.7 Å². The fraction of sp³-hybridized carbons (Fsp3) is 0.440. The summed E-state index contributed by atoms with van der Waals surface area (Å²) in [5.41, 5.74) is -0.317. The maximum absolute atomic E-state index is 13.1. The third-order valence-corrected chi connectivity index (χ3v) is 6.52. The average Bonchev–Trinajstić information content (AvgIpc) is 3.05. The van der Waals surface area contributed by atoms with Crippen molar-refractivity contribution in [1.82, 2.24) is 10.6 Å². The minimum absolute atomic E-state index is 0.248. The van der Waals surface area contributed by atoms with E-state index >= 15 is 0 Å². The monoisotopic (exact) mass is 511 g/mol. The summed E-state index contributed by atoms with van der Waals surface area (Å²) in [5.74, 6) is -1.63. The molecule has 3 rings (SSSR count). The predicted octanol–water partition coefficient (Wildman–Crippen LogP) is 5.99. The fourth-order valence-corrected chi connectivity index (χ4v) is 5.08. The van der Waals surface area contributed by atoms with Crippen molar-refractivity contribution in [2.45, 2.75) is 56.8 Å². The standard InChI is InChI=1S/C25H26Cl2F3N3O/c1-23(2,3)12-19-24(13-31,16-7-9-17(26)10-8-16)20(15-5-4-6-18(27)11-15)21(33-19)22(34)32-14-25(28,29)30/h4-11,19-21,33H,12,14H2,1-3H3,(H,32,34)/t19-,20-,21+,24-/m0/s1. The predicted molar refractivity (Wildman–Crippen MR) is 127 cm³/mol. The molecule has 0 unspecified atom stereocenters. The zero-order valence-electron chi connectivity index (χ0n) is 19.0. The summed E-state index contributed by atoms with van der Waals surface area (Å²) in [4.78, 5) is 13.1. The van der Waals surface area contributed by atoms with E-state index in [9.17, 15) is 23.2 Å². The topological polar surface area (TPSA) is 64.9 Å². The summed E-state index contributed by atoms with van der Waals surface area (Å²) in [6.07, 6.45) is -4.07. The summed E-state index contributed by atoms with van der Waals surface area (Å²) in [7, 11) is 0. The van der Waals surface area contributed by atoms with Crippen molar-refractivity contribution in [3.05, 3.63) is 69.7 Å². The van der Waals surface area contributed by atoms with Crippen LogP contribution in [0, 0.1) is 16.7 Å². The number of amides is 1. The molecule has 1 fully saturated rings. The van der Waals surface area contributed by atoms with Gasteiger partial charge in [0.15, 0.2) is 0 Å². The summed E-state index contributed by atoms with van der Waals surface area (Å²) in [6, 6.07) is 14.4. The molecule has 0 bridgehead atoms. The Morgan fingerprint density at radius 3 is 2.29 bits per heavy atom. The van der Waals surface area contributed by atoms with Crippen molar-refractivity contribution >= 4 is 29.1 Å². The lowest BCUT2D eigenvalue weighted by molar-refractivity contribution is -0.139. The number of benzene rings is 2. The van der Waals surface area contributed by atoms with Crippen molar-refractivity contribution < 1.29 is 18.0 Å². The molecule has 1 amide bonds. The third kappa shape index (κ3) is 5.68. The number of nitrogens with one attached hydrogen (secondary N) is 2. The van der Waals surface area contributed by atoms with Crippen LogP contribution in [0.15, 0.2) is 48.5 Å². The minimum Gasteiger partial charge on any atom is -0.346 e. The van der Waals surface area contributed by atoms with Crippen LogP contribution < -0.4 is 10.6 Å². The molecule has 1 aliphatic rings. The molecule has 34 heavy (non-hydrogen) atoms. The van der Waals surface area contributed by atoms with Gasteiger partial charge in [-0.1, -0.05) is 68.2 Å². The van der Waals surface area contributed by atoms with E-state index < -0.39 is 42.0 Å². The second-order valence-electron chi connectivity index (χ2n) is 9.82. The van der Waals surface area contributed by atoms with Crippen molar-refractivity contribution in [3.63, 3.8) is 0 Å². The number of hydrogen-bond donors (Lipinski definition) is 2. The summed E-state index contributed by atoms with van der Waals surface area (Å²) in [5, 5.41) is 16.8. The van der Waals surface area contributed by atoms with Gasteiger partial charge >= 0.3 is 6.18 Å². The van der Waals surface area contributed by atoms with Crippen molar-refractivity contribution in [3.8, 4) is 6.07 Å². The molecule has 0 spiro atoms. The van der Waals surface area contributed by atoms with Crippen LogP contribution in [-0.2, 0) is 10.2 Å². The van der Waals surface area contributed by atoms with Gasteiger partial charge in [0.25, 0.3) is 0 Å². The highest BCUT2D eigenvalue weighted by Gasteiger charge is 2.59. The second-order valence-corrected chi connectivity index (χ2v) is 10.7. The number of hydrogen-bond acceptors (Lipinski definition) is 3. The smallest absolute Gasteiger partial charge is 0.346 e. The van der Waals surface area contributed by atoms with E-state index in [-0.39, 0.29) is 5.41 Å². The van der Waals surface area contributed by atoms with Gasteiger partial charge in [-0.3, -0.25) is 4.79 Å². The molecule has 2 aromatic rings. The maximum atomic E-state index is 13.1. The molecule has 4 nitrogen and oxygen atoms in total. The third-order valence-electron chi connectivity index (χ3n) is 6.03. The van der Waals surface area contributed by atoms with Gasteiger partial charge in [0.2, 0.25) is 5.91 Å². The first kappa shape index (κ1) is 26.3. The van der Waals surface area contributed by atoms with E-state index in [0.29, 0.717) is 27.6 Å². The van der Waals surface area contributed by atoms with E-state index in [2.05, 4.69) is 11.4 Å². The number of halogens is 5. The van der Waals surface area contributed by atoms with Crippen LogP contribution in [0.3, 0.4) is 0 Å². The number of carbonyl (C=O) groups is 1. The molecular formula is C25H26Cl2F3N3O. The Labute approximate surface area is 207 Å². The highest BCUT2D eigenvalue weighted by Crippen LogP contribution is 2.51. The van der Waals surface area contributed by atoms with Gasteiger partial charge < -0.3 is 10.6 Å². The number of alkyl halides is 3.